The van der Waals surface area contributed by atoms with E-state index in [1.54, 1.807) is 6.07 Å². The second-order valence-corrected chi connectivity index (χ2v) is 7.83. The Bertz CT molecular complexity index is 1170. The minimum Gasteiger partial charge on any atom is -0.507 e. The molecule has 1 aliphatic rings. The van der Waals surface area contributed by atoms with Crippen molar-refractivity contribution in [2.24, 2.45) is 0 Å². The molecule has 0 saturated carbocycles. The first kappa shape index (κ1) is 15.5. The Balaban J connectivity index is 1.68. The molecule has 2 heterocycles. The molecule has 1 aromatic heterocycles. The van der Waals surface area contributed by atoms with Crippen LogP contribution < -0.4 is 5.32 Å². The van der Waals surface area contributed by atoms with E-state index in [-0.39, 0.29) is 0 Å². The van der Waals surface area contributed by atoms with E-state index in [1.807, 2.05) is 42.2 Å². The third kappa shape index (κ3) is 2.41. The standard InChI is InChI=1S/C22H18N2OS/c1-13-12-23-18-7-8-20-17(9-10-26-20)21(18)22(13)24-15-5-6-16-14(11-15)3-2-4-19(16)25/h2-8,11-12,25H,9-10H2,1H3,(H,23,24). The molecule has 0 aliphatic carbocycles. The van der Waals surface area contributed by atoms with Crippen LogP contribution in [0.1, 0.15) is 11.1 Å². The average Bonchev–Trinajstić information content (AvgIpc) is 3.13. The van der Waals surface area contributed by atoms with Gasteiger partial charge in [-0.3, -0.25) is 4.98 Å². The van der Waals surface area contributed by atoms with Crippen molar-refractivity contribution in [1.82, 2.24) is 4.98 Å². The zero-order valence-electron chi connectivity index (χ0n) is 14.4. The van der Waals surface area contributed by atoms with Gasteiger partial charge in [0.05, 0.1) is 11.2 Å². The summed E-state index contributed by atoms with van der Waals surface area (Å²) in [5.74, 6) is 1.45. The lowest BCUT2D eigenvalue weighted by Crippen LogP contribution is -1.99. The summed E-state index contributed by atoms with van der Waals surface area (Å²) in [6.45, 7) is 2.10. The summed E-state index contributed by atoms with van der Waals surface area (Å²) in [5.41, 5.74) is 5.73. The van der Waals surface area contributed by atoms with E-state index in [1.165, 1.54) is 15.8 Å². The lowest BCUT2D eigenvalue weighted by atomic mass is 10.0. The van der Waals surface area contributed by atoms with Crippen molar-refractivity contribution in [3.63, 3.8) is 0 Å². The van der Waals surface area contributed by atoms with E-state index in [0.29, 0.717) is 5.75 Å². The van der Waals surface area contributed by atoms with Gasteiger partial charge in [0.2, 0.25) is 0 Å². The number of aryl methyl sites for hydroxylation is 2. The number of hydrogen-bond donors (Lipinski definition) is 2. The molecule has 0 amide bonds. The quantitative estimate of drug-likeness (QED) is 0.476. The molecule has 0 radical (unpaired) electrons. The first-order valence-electron chi connectivity index (χ1n) is 8.73. The molecule has 0 fully saturated rings. The minimum absolute atomic E-state index is 0.314. The Morgan fingerprint density at radius 1 is 1.12 bits per heavy atom. The Morgan fingerprint density at radius 3 is 2.96 bits per heavy atom. The number of pyridine rings is 1. The molecule has 4 heteroatoms. The summed E-state index contributed by atoms with van der Waals surface area (Å²) in [4.78, 5) is 6.01. The SMILES string of the molecule is Cc1cnc2ccc3c(c2c1Nc1ccc2c(O)cccc2c1)CCS3. The minimum atomic E-state index is 0.314. The largest absolute Gasteiger partial charge is 0.507 e. The van der Waals surface area contributed by atoms with Crippen molar-refractivity contribution in [3.8, 4) is 5.75 Å². The van der Waals surface area contributed by atoms with Gasteiger partial charge in [-0.2, -0.15) is 0 Å². The van der Waals surface area contributed by atoms with Crippen LogP contribution in [0.4, 0.5) is 11.4 Å². The summed E-state index contributed by atoms with van der Waals surface area (Å²) < 4.78 is 0. The second kappa shape index (κ2) is 5.92. The van der Waals surface area contributed by atoms with Crippen molar-refractivity contribution in [1.29, 1.82) is 0 Å². The molecule has 2 N–H and O–H groups in total. The summed E-state index contributed by atoms with van der Waals surface area (Å²) in [6.07, 6.45) is 3.02. The number of thioether (sulfide) groups is 1. The van der Waals surface area contributed by atoms with Gasteiger partial charge >= 0.3 is 0 Å². The number of nitrogens with one attached hydrogen (secondary N) is 1. The van der Waals surface area contributed by atoms with Gasteiger partial charge in [-0.15, -0.1) is 11.8 Å². The number of benzene rings is 3. The highest BCUT2D eigenvalue weighted by Crippen LogP contribution is 2.40. The van der Waals surface area contributed by atoms with Crippen molar-refractivity contribution in [3.05, 3.63) is 65.9 Å². The number of anilines is 2. The molecule has 0 saturated heterocycles. The van der Waals surface area contributed by atoms with Crippen LogP contribution in [0.5, 0.6) is 5.75 Å². The van der Waals surface area contributed by atoms with E-state index >= 15 is 0 Å². The highest BCUT2D eigenvalue weighted by atomic mass is 32.2. The third-order valence-electron chi connectivity index (χ3n) is 5.03. The van der Waals surface area contributed by atoms with Gasteiger partial charge < -0.3 is 10.4 Å². The van der Waals surface area contributed by atoms with Crippen molar-refractivity contribution in [2.75, 3.05) is 11.1 Å². The first-order chi connectivity index (χ1) is 12.7. The molecule has 0 spiro atoms. The van der Waals surface area contributed by atoms with E-state index < -0.39 is 0 Å². The zero-order chi connectivity index (χ0) is 17.7. The fourth-order valence-corrected chi connectivity index (χ4v) is 4.80. The maximum absolute atomic E-state index is 10.0. The Morgan fingerprint density at radius 2 is 2.04 bits per heavy atom. The molecule has 26 heavy (non-hydrogen) atoms. The van der Waals surface area contributed by atoms with Crippen LogP contribution in [0.25, 0.3) is 21.7 Å². The fourth-order valence-electron chi connectivity index (χ4n) is 3.73. The van der Waals surface area contributed by atoms with Gasteiger partial charge in [-0.25, -0.2) is 0 Å². The monoisotopic (exact) mass is 358 g/mol. The van der Waals surface area contributed by atoms with Crippen molar-refractivity contribution in [2.45, 2.75) is 18.2 Å². The highest BCUT2D eigenvalue weighted by molar-refractivity contribution is 7.99. The molecule has 5 rings (SSSR count). The summed E-state index contributed by atoms with van der Waals surface area (Å²) >= 11 is 1.92. The Labute approximate surface area is 156 Å². The van der Waals surface area contributed by atoms with Crippen molar-refractivity contribution < 1.29 is 5.11 Å². The molecule has 1 aliphatic heterocycles. The molecular formula is C22H18N2OS. The highest BCUT2D eigenvalue weighted by Gasteiger charge is 2.18. The number of aromatic hydroxyl groups is 1. The molecule has 3 nitrogen and oxygen atoms in total. The van der Waals surface area contributed by atoms with E-state index in [0.717, 1.165) is 45.4 Å². The van der Waals surface area contributed by atoms with Gasteiger partial charge in [-0.1, -0.05) is 12.1 Å². The van der Waals surface area contributed by atoms with Gasteiger partial charge in [0.15, 0.2) is 0 Å². The lowest BCUT2D eigenvalue weighted by Gasteiger charge is -2.16. The molecule has 0 unspecified atom stereocenters. The second-order valence-electron chi connectivity index (χ2n) is 6.69. The van der Waals surface area contributed by atoms with E-state index in [9.17, 15) is 5.11 Å². The molecule has 3 aromatic carbocycles. The number of phenolic OH excluding ortho intramolecular Hbond substituents is 1. The van der Waals surface area contributed by atoms with Crippen LogP contribution in [0.2, 0.25) is 0 Å². The smallest absolute Gasteiger partial charge is 0.123 e. The zero-order valence-corrected chi connectivity index (χ0v) is 15.2. The van der Waals surface area contributed by atoms with Crippen LogP contribution >= 0.6 is 11.8 Å². The number of nitrogens with zero attached hydrogens (tertiary/aromatic N) is 1. The van der Waals surface area contributed by atoms with Gasteiger partial charge in [0.1, 0.15) is 5.75 Å². The third-order valence-corrected chi connectivity index (χ3v) is 6.13. The van der Waals surface area contributed by atoms with Crippen LogP contribution in [-0.4, -0.2) is 15.8 Å². The van der Waals surface area contributed by atoms with Gasteiger partial charge in [0.25, 0.3) is 0 Å². The number of hydrogen-bond acceptors (Lipinski definition) is 4. The predicted molar refractivity (Wildman–Crippen MR) is 110 cm³/mol. The number of rotatable bonds is 2. The number of aromatic nitrogens is 1. The summed E-state index contributed by atoms with van der Waals surface area (Å²) in [5, 5.41) is 16.8. The topological polar surface area (TPSA) is 45.2 Å². The fraction of sp³-hybridized carbons (Fsp3) is 0.136. The van der Waals surface area contributed by atoms with Crippen LogP contribution in [0, 0.1) is 6.92 Å². The molecule has 0 atom stereocenters. The number of phenols is 1. The Kier molecular flexibility index (Phi) is 3.54. The average molecular weight is 358 g/mol. The lowest BCUT2D eigenvalue weighted by molar-refractivity contribution is 0.481. The first-order valence-corrected chi connectivity index (χ1v) is 9.72. The normalized spacial score (nSPS) is 13.3. The van der Waals surface area contributed by atoms with Gasteiger partial charge in [-0.05, 0) is 66.3 Å². The van der Waals surface area contributed by atoms with E-state index in [2.05, 4.69) is 35.4 Å². The molecule has 4 aromatic rings. The van der Waals surface area contributed by atoms with Crippen molar-refractivity contribution >= 4 is 44.8 Å². The van der Waals surface area contributed by atoms with Gasteiger partial charge in [0, 0.05) is 33.3 Å². The molecular weight excluding hydrogens is 340 g/mol. The van der Waals surface area contributed by atoms with Crippen LogP contribution in [-0.2, 0) is 6.42 Å². The molecule has 128 valence electrons. The summed E-state index contributed by atoms with van der Waals surface area (Å²) in [6, 6.07) is 16.0. The maximum atomic E-state index is 10.0. The number of fused-ring (bicyclic) bond motifs is 4. The Hall–Kier alpha value is -2.72. The van der Waals surface area contributed by atoms with E-state index in [4.69, 9.17) is 0 Å². The summed E-state index contributed by atoms with van der Waals surface area (Å²) in [7, 11) is 0. The van der Waals surface area contributed by atoms with Crippen LogP contribution in [0.3, 0.4) is 0 Å². The van der Waals surface area contributed by atoms with Crippen LogP contribution in [0.15, 0.2) is 59.6 Å². The molecule has 0 bridgehead atoms. The predicted octanol–water partition coefficient (Wildman–Crippen LogP) is 5.79. The maximum Gasteiger partial charge on any atom is 0.123 e.